The lowest BCUT2D eigenvalue weighted by Crippen LogP contribution is -2.59. The maximum atomic E-state index is 14.2. The van der Waals surface area contributed by atoms with Crippen LogP contribution in [0.25, 0.3) is 0 Å². The largest absolute Gasteiger partial charge is 0.459 e. The van der Waals surface area contributed by atoms with E-state index in [1.807, 2.05) is 0 Å². The van der Waals surface area contributed by atoms with Crippen molar-refractivity contribution < 1.29 is 59.8 Å². The summed E-state index contributed by atoms with van der Waals surface area (Å²) in [6, 6.07) is 8.75. The molecule has 14 heteroatoms. The van der Waals surface area contributed by atoms with Crippen molar-refractivity contribution in [3.63, 3.8) is 0 Å². The van der Waals surface area contributed by atoms with Gasteiger partial charge < -0.3 is 14.4 Å². The molecule has 4 fully saturated rings. The second kappa shape index (κ2) is 24.9. The lowest BCUT2D eigenvalue weighted by Gasteiger charge is -2.62. The Morgan fingerprint density at radius 2 is 1.10 bits per heavy atom. The van der Waals surface area contributed by atoms with Crippen LogP contribution >= 0.6 is 0 Å². The van der Waals surface area contributed by atoms with Crippen LogP contribution in [-0.4, -0.2) is 72.0 Å². The summed E-state index contributed by atoms with van der Waals surface area (Å²) in [6.45, 7) is 12.8. The number of rotatable bonds is 24. The molecular formula is C58H79F6NO7. The fraction of sp³-hybridized carbons (Fsp3) is 0.707. The number of unbranched alkanes of at least 4 members (excludes halogenated alkanes) is 10. The summed E-state index contributed by atoms with van der Waals surface area (Å²) in [5.41, 5.74) is -1.69. The Morgan fingerprint density at radius 1 is 0.611 bits per heavy atom. The maximum Gasteiger partial charge on any atom is 0.454 e. The lowest BCUT2D eigenvalue weighted by atomic mass is 9.43. The highest BCUT2D eigenvalue weighted by Gasteiger charge is 2.65. The van der Waals surface area contributed by atoms with E-state index in [1.165, 1.54) is 75.6 Å². The van der Waals surface area contributed by atoms with Crippen LogP contribution in [0.5, 0.6) is 0 Å². The number of carbonyl (C=O) groups is 5. The number of nitrogens with zero attached hydrogens (tertiary/aromatic N) is 1. The Kier molecular flexibility index (Phi) is 19.7. The van der Waals surface area contributed by atoms with Gasteiger partial charge in [0.05, 0.1) is 11.1 Å². The molecule has 4 aliphatic rings. The predicted molar refractivity (Wildman–Crippen MR) is 264 cm³/mol. The third-order valence-corrected chi connectivity index (χ3v) is 18.0. The van der Waals surface area contributed by atoms with Crippen LogP contribution < -0.4 is 0 Å². The quantitative estimate of drug-likeness (QED) is 0.0446. The van der Waals surface area contributed by atoms with Gasteiger partial charge in [-0.25, -0.2) is 9.59 Å². The number of carbonyl (C=O) groups excluding carboxylic acids is 5. The van der Waals surface area contributed by atoms with Crippen molar-refractivity contribution in [2.24, 2.45) is 46.3 Å². The fourth-order valence-electron chi connectivity index (χ4n) is 13.9. The average Bonchev–Trinajstić information content (AvgIpc) is 3.72. The molecule has 400 valence electrons. The average molecular weight is 1020 g/mol. The SMILES string of the molecule is CCCCCCCCN(CCCCCCCC)C(=O)CC[C@@H](C)[C@H]1CC[C@H]2[C@@H]3CC[C@@H]4C[C@H](OC(=O)c5ccc(C(=O)C(F)(F)F)cc5)CC[C@@]4(C)[C@H]3C[C@H](OC(=O)c3ccc(C(=O)C(F)(F)F)cc3)[C@@]12C. The van der Waals surface area contributed by atoms with Crippen LogP contribution in [0.4, 0.5) is 26.3 Å². The van der Waals surface area contributed by atoms with E-state index < -0.39 is 64.6 Å². The number of fused-ring (bicyclic) bond motifs is 5. The van der Waals surface area contributed by atoms with Crippen LogP contribution in [0.15, 0.2) is 48.5 Å². The van der Waals surface area contributed by atoms with Crippen molar-refractivity contribution in [1.82, 2.24) is 4.90 Å². The number of hydrogen-bond acceptors (Lipinski definition) is 7. The van der Waals surface area contributed by atoms with Crippen molar-refractivity contribution in [2.75, 3.05) is 13.1 Å². The number of ketones is 2. The fourth-order valence-corrected chi connectivity index (χ4v) is 13.9. The first-order chi connectivity index (χ1) is 34.1. The van der Waals surface area contributed by atoms with Gasteiger partial charge >= 0.3 is 24.3 Å². The summed E-state index contributed by atoms with van der Waals surface area (Å²) in [4.78, 5) is 67.4. The Bertz CT molecular complexity index is 2120. The molecule has 0 radical (unpaired) electrons. The summed E-state index contributed by atoms with van der Waals surface area (Å²) >= 11 is 0. The van der Waals surface area contributed by atoms with E-state index in [-0.39, 0.29) is 52.0 Å². The van der Waals surface area contributed by atoms with E-state index in [0.717, 1.165) is 95.1 Å². The van der Waals surface area contributed by atoms with E-state index in [9.17, 15) is 50.3 Å². The molecule has 72 heavy (non-hydrogen) atoms. The molecule has 0 aliphatic heterocycles. The summed E-state index contributed by atoms with van der Waals surface area (Å²) in [5.74, 6) is -4.03. The molecule has 0 N–H and O–H groups in total. The maximum absolute atomic E-state index is 14.2. The molecule has 0 spiro atoms. The number of halogens is 6. The van der Waals surface area contributed by atoms with Crippen molar-refractivity contribution in [3.05, 3.63) is 70.8 Å². The van der Waals surface area contributed by atoms with Gasteiger partial charge in [-0.3, -0.25) is 14.4 Å². The van der Waals surface area contributed by atoms with Crippen molar-refractivity contribution in [2.45, 2.75) is 200 Å². The molecule has 4 saturated carbocycles. The smallest absolute Gasteiger partial charge is 0.454 e. The molecule has 0 unspecified atom stereocenters. The number of Topliss-reactive ketones (excluding diaryl/α,β-unsaturated/α-hetero) is 2. The highest BCUT2D eigenvalue weighted by molar-refractivity contribution is 6.02. The first kappa shape index (κ1) is 57.1. The van der Waals surface area contributed by atoms with Crippen LogP contribution in [0.1, 0.15) is 217 Å². The lowest BCUT2D eigenvalue weighted by molar-refractivity contribution is -0.176. The monoisotopic (exact) mass is 1020 g/mol. The third kappa shape index (κ3) is 13.5. The minimum atomic E-state index is -5.06. The molecule has 8 nitrogen and oxygen atoms in total. The summed E-state index contributed by atoms with van der Waals surface area (Å²) in [6.07, 6.45) is 10.1. The van der Waals surface area contributed by atoms with Crippen molar-refractivity contribution in [3.8, 4) is 0 Å². The van der Waals surface area contributed by atoms with Crippen LogP contribution in [-0.2, 0) is 14.3 Å². The summed E-state index contributed by atoms with van der Waals surface area (Å²) in [7, 11) is 0. The Balaban J connectivity index is 1.18. The van der Waals surface area contributed by atoms with E-state index in [2.05, 4.69) is 39.5 Å². The molecule has 1 amide bonds. The molecule has 6 rings (SSSR count). The number of ether oxygens (including phenoxy) is 2. The topological polar surface area (TPSA) is 107 Å². The normalized spacial score (nSPS) is 27.5. The standard InChI is InChI=1S/C58H79F6NO7/c1-6-8-10-12-14-16-34-65(35-17-15-13-11-9-7-2)50(66)31-18-38(3)46-29-30-47-45-28-27-43-36-44(71-53(69)41-23-19-39(20-24-41)51(67)57(59,60)61)32-33-55(43,4)48(45)37-49(56(46,47)5)72-54(70)42-25-21-40(22-26-42)52(68)58(62,63)64/h19-26,38,43-49H,6-18,27-37H2,1-5H3/t38-,43-,44-,45+,46-,47+,48+,49+,55-,56+/m1/s1. The number of alkyl halides is 6. The molecule has 2 aromatic carbocycles. The van der Waals surface area contributed by atoms with E-state index in [1.54, 1.807) is 0 Å². The highest BCUT2D eigenvalue weighted by atomic mass is 19.4. The summed E-state index contributed by atoms with van der Waals surface area (Å²) in [5, 5.41) is 0. The highest BCUT2D eigenvalue weighted by Crippen LogP contribution is 2.69. The second-order valence-corrected chi connectivity index (χ2v) is 22.4. The van der Waals surface area contributed by atoms with E-state index in [4.69, 9.17) is 9.47 Å². The predicted octanol–water partition coefficient (Wildman–Crippen LogP) is 15.2. The Hall–Kier alpha value is -4.23. The van der Waals surface area contributed by atoms with Gasteiger partial charge in [-0.05, 0) is 136 Å². The minimum Gasteiger partial charge on any atom is -0.459 e. The molecule has 0 bridgehead atoms. The number of esters is 2. The van der Waals surface area contributed by atoms with Gasteiger partial charge in [-0.15, -0.1) is 0 Å². The van der Waals surface area contributed by atoms with Gasteiger partial charge in [0.15, 0.2) is 0 Å². The summed E-state index contributed by atoms with van der Waals surface area (Å²) < 4.78 is 91.4. The Labute approximate surface area is 423 Å². The van der Waals surface area contributed by atoms with Crippen LogP contribution in [0.2, 0.25) is 0 Å². The second-order valence-electron chi connectivity index (χ2n) is 22.4. The van der Waals surface area contributed by atoms with Gasteiger partial charge in [0.2, 0.25) is 5.91 Å². The van der Waals surface area contributed by atoms with Gasteiger partial charge in [-0.1, -0.05) is 123 Å². The molecule has 2 aromatic rings. The van der Waals surface area contributed by atoms with Gasteiger partial charge in [0, 0.05) is 36.1 Å². The molecule has 0 aromatic heterocycles. The number of amides is 1. The van der Waals surface area contributed by atoms with Crippen molar-refractivity contribution >= 4 is 29.4 Å². The Morgan fingerprint density at radius 3 is 1.61 bits per heavy atom. The number of benzene rings is 2. The van der Waals surface area contributed by atoms with Gasteiger partial charge in [-0.2, -0.15) is 26.3 Å². The minimum absolute atomic E-state index is 0.0524. The zero-order valence-electron chi connectivity index (χ0n) is 43.3. The van der Waals surface area contributed by atoms with Crippen LogP contribution in [0.3, 0.4) is 0 Å². The zero-order valence-corrected chi connectivity index (χ0v) is 43.3. The zero-order chi connectivity index (χ0) is 52.4. The van der Waals surface area contributed by atoms with Gasteiger partial charge in [0.25, 0.3) is 11.6 Å². The molecule has 0 heterocycles. The van der Waals surface area contributed by atoms with Crippen LogP contribution in [0, 0.1) is 46.3 Å². The molecule has 10 atom stereocenters. The van der Waals surface area contributed by atoms with Gasteiger partial charge in [0.1, 0.15) is 12.2 Å². The first-order valence-electron chi connectivity index (χ1n) is 27.3. The first-order valence-corrected chi connectivity index (χ1v) is 27.3. The molecule has 0 saturated heterocycles. The molecule has 4 aliphatic carbocycles. The third-order valence-electron chi connectivity index (χ3n) is 18.0. The van der Waals surface area contributed by atoms with E-state index in [0.29, 0.717) is 38.0 Å². The molecular weight excluding hydrogens is 937 g/mol. The van der Waals surface area contributed by atoms with Crippen molar-refractivity contribution in [1.29, 1.82) is 0 Å². The number of hydrogen-bond donors (Lipinski definition) is 0. The van der Waals surface area contributed by atoms with E-state index >= 15 is 0 Å².